The highest BCUT2D eigenvalue weighted by Gasteiger charge is 2.30. The van der Waals surface area contributed by atoms with Gasteiger partial charge in [0.2, 0.25) is 0 Å². The number of nitrogens with zero attached hydrogens (tertiary/aromatic N) is 1. The Hall–Kier alpha value is -2.36. The van der Waals surface area contributed by atoms with E-state index in [4.69, 9.17) is 4.98 Å². The maximum Gasteiger partial charge on any atom is 0.0880 e. The lowest BCUT2D eigenvalue weighted by atomic mass is 9.82. The molecule has 3 heteroatoms. The predicted molar refractivity (Wildman–Crippen MR) is 143 cm³/mol. The summed E-state index contributed by atoms with van der Waals surface area (Å²) in [6.07, 6.45) is 2.01. The van der Waals surface area contributed by atoms with E-state index in [1.165, 1.54) is 52.5 Å². The number of hydrogen-bond donors (Lipinski definition) is 0. The van der Waals surface area contributed by atoms with Crippen molar-refractivity contribution in [2.45, 2.75) is 56.1 Å². The molecule has 5 aromatic rings. The number of hydrogen-bond acceptors (Lipinski definition) is 3. The molecule has 1 aliphatic heterocycles. The monoisotopic (exact) mass is 453 g/mol. The average Bonchev–Trinajstić information content (AvgIpc) is 3.29. The number of thioether (sulfide) groups is 1. The molecule has 32 heavy (non-hydrogen) atoms. The van der Waals surface area contributed by atoms with Crippen LogP contribution in [0.4, 0.5) is 0 Å². The SMILES string of the molecule is CC1Sc2ccc3sc4c(-c5cc(C(C)(C)C)c6ccccc6c5)nccc4c3c2C1C. The molecule has 2 unspecified atom stereocenters. The minimum absolute atomic E-state index is 0.0628. The zero-order valence-corrected chi connectivity index (χ0v) is 20.8. The van der Waals surface area contributed by atoms with E-state index >= 15 is 0 Å². The van der Waals surface area contributed by atoms with Gasteiger partial charge in [-0.25, -0.2) is 0 Å². The Bertz CT molecular complexity index is 1520. The summed E-state index contributed by atoms with van der Waals surface area (Å²) in [5.74, 6) is 0.571. The van der Waals surface area contributed by atoms with Gasteiger partial charge in [0.1, 0.15) is 0 Å². The fourth-order valence-corrected chi connectivity index (χ4v) is 7.69. The Kier molecular flexibility index (Phi) is 4.48. The van der Waals surface area contributed by atoms with Crippen molar-refractivity contribution in [2.75, 3.05) is 0 Å². The van der Waals surface area contributed by atoms with Crippen molar-refractivity contribution in [1.82, 2.24) is 4.98 Å². The minimum atomic E-state index is 0.0628. The zero-order valence-electron chi connectivity index (χ0n) is 19.2. The van der Waals surface area contributed by atoms with E-state index < -0.39 is 0 Å². The largest absolute Gasteiger partial charge is 0.255 e. The molecule has 0 aliphatic carbocycles. The second kappa shape index (κ2) is 7.07. The molecule has 0 N–H and O–H groups in total. The molecule has 0 spiro atoms. The van der Waals surface area contributed by atoms with Crippen LogP contribution in [0, 0.1) is 0 Å². The van der Waals surface area contributed by atoms with Gasteiger partial charge in [-0.2, -0.15) is 0 Å². The topological polar surface area (TPSA) is 12.9 Å². The predicted octanol–water partition coefficient (Wildman–Crippen LogP) is 9.16. The van der Waals surface area contributed by atoms with Crippen molar-refractivity contribution in [2.24, 2.45) is 0 Å². The first-order valence-electron chi connectivity index (χ1n) is 11.4. The number of pyridine rings is 1. The van der Waals surface area contributed by atoms with Crippen LogP contribution < -0.4 is 0 Å². The van der Waals surface area contributed by atoms with Crippen LogP contribution in [0.5, 0.6) is 0 Å². The number of fused-ring (bicyclic) bond motifs is 6. The van der Waals surface area contributed by atoms with Crippen molar-refractivity contribution in [3.63, 3.8) is 0 Å². The third-order valence-electron chi connectivity index (χ3n) is 6.97. The van der Waals surface area contributed by atoms with E-state index in [1.54, 1.807) is 0 Å². The maximum atomic E-state index is 4.94. The Labute approximate surface area is 197 Å². The van der Waals surface area contributed by atoms with E-state index in [9.17, 15) is 0 Å². The van der Waals surface area contributed by atoms with Gasteiger partial charge in [0.25, 0.3) is 0 Å². The van der Waals surface area contributed by atoms with Crippen LogP contribution in [0.15, 0.2) is 65.7 Å². The molecule has 0 saturated carbocycles. The fraction of sp³-hybridized carbons (Fsp3) is 0.276. The lowest BCUT2D eigenvalue weighted by Gasteiger charge is -2.22. The Balaban J connectivity index is 1.67. The summed E-state index contributed by atoms with van der Waals surface area (Å²) in [5, 5.41) is 6.06. The summed E-state index contributed by atoms with van der Waals surface area (Å²) in [5.41, 5.74) is 5.31. The standard InChI is InChI=1S/C29H27NS2/c1-16-17(2)31-23-10-11-24-26(25(16)23)21-12-13-30-27(28(21)32-24)19-14-18-8-6-7-9-20(18)22(15-19)29(3,4)5/h6-17H,1-5H3. The molecular formula is C29H27NS2. The van der Waals surface area contributed by atoms with Gasteiger partial charge in [0.05, 0.1) is 10.4 Å². The van der Waals surface area contributed by atoms with Gasteiger partial charge in [-0.15, -0.1) is 23.1 Å². The molecule has 6 rings (SSSR count). The van der Waals surface area contributed by atoms with Crippen LogP contribution in [-0.2, 0) is 5.41 Å². The van der Waals surface area contributed by atoms with E-state index in [0.29, 0.717) is 11.2 Å². The van der Waals surface area contributed by atoms with Crippen molar-refractivity contribution in [3.05, 3.63) is 71.9 Å². The van der Waals surface area contributed by atoms with Crippen LogP contribution >= 0.6 is 23.1 Å². The highest BCUT2D eigenvalue weighted by Crippen LogP contribution is 2.52. The van der Waals surface area contributed by atoms with E-state index in [-0.39, 0.29) is 5.41 Å². The molecule has 160 valence electrons. The van der Waals surface area contributed by atoms with Gasteiger partial charge in [-0.05, 0) is 63.6 Å². The molecule has 0 amide bonds. The molecule has 0 radical (unpaired) electrons. The maximum absolute atomic E-state index is 4.94. The Morgan fingerprint density at radius 3 is 2.53 bits per heavy atom. The first-order chi connectivity index (χ1) is 15.3. The van der Waals surface area contributed by atoms with Crippen LogP contribution in [0.2, 0.25) is 0 Å². The molecule has 1 aliphatic rings. The van der Waals surface area contributed by atoms with Gasteiger partial charge >= 0.3 is 0 Å². The molecule has 0 bridgehead atoms. The first kappa shape index (κ1) is 20.3. The molecule has 1 nitrogen and oxygen atoms in total. The summed E-state index contributed by atoms with van der Waals surface area (Å²) in [4.78, 5) is 6.39. The van der Waals surface area contributed by atoms with E-state index in [1.807, 2.05) is 29.3 Å². The molecule has 3 heterocycles. The molecule has 0 saturated heterocycles. The van der Waals surface area contributed by atoms with Crippen molar-refractivity contribution in [3.8, 4) is 11.3 Å². The van der Waals surface area contributed by atoms with Gasteiger partial charge in [0.15, 0.2) is 0 Å². The summed E-state index contributed by atoms with van der Waals surface area (Å²) in [7, 11) is 0. The third-order valence-corrected chi connectivity index (χ3v) is 9.54. The lowest BCUT2D eigenvalue weighted by molar-refractivity contribution is 0.596. The second-order valence-electron chi connectivity index (χ2n) is 10.1. The highest BCUT2D eigenvalue weighted by atomic mass is 32.2. The average molecular weight is 454 g/mol. The number of aromatic nitrogens is 1. The van der Waals surface area contributed by atoms with Crippen LogP contribution in [0.25, 0.3) is 42.2 Å². The summed E-state index contributed by atoms with van der Waals surface area (Å²) in [6.45, 7) is 11.6. The third kappa shape index (κ3) is 2.94. The van der Waals surface area contributed by atoms with Crippen molar-refractivity contribution >= 4 is 54.0 Å². The summed E-state index contributed by atoms with van der Waals surface area (Å²) in [6, 6.07) is 20.3. The fourth-order valence-electron chi connectivity index (χ4n) is 5.17. The Morgan fingerprint density at radius 2 is 1.72 bits per heavy atom. The quantitative estimate of drug-likeness (QED) is 0.251. The number of rotatable bonds is 1. The Morgan fingerprint density at radius 1 is 0.906 bits per heavy atom. The second-order valence-corrected chi connectivity index (χ2v) is 12.6. The molecule has 2 atom stereocenters. The minimum Gasteiger partial charge on any atom is -0.255 e. The van der Waals surface area contributed by atoms with Crippen molar-refractivity contribution in [1.29, 1.82) is 0 Å². The first-order valence-corrected chi connectivity index (χ1v) is 13.1. The van der Waals surface area contributed by atoms with Crippen molar-refractivity contribution < 1.29 is 0 Å². The molecular weight excluding hydrogens is 426 g/mol. The summed E-state index contributed by atoms with van der Waals surface area (Å²) < 4.78 is 2.69. The van der Waals surface area contributed by atoms with Crippen LogP contribution in [0.3, 0.4) is 0 Å². The normalized spacial score (nSPS) is 18.7. The molecule has 0 fully saturated rings. The smallest absolute Gasteiger partial charge is 0.0880 e. The summed E-state index contributed by atoms with van der Waals surface area (Å²) >= 11 is 3.92. The van der Waals surface area contributed by atoms with E-state index in [0.717, 1.165) is 5.69 Å². The van der Waals surface area contributed by atoms with Gasteiger partial charge in [0, 0.05) is 37.4 Å². The highest BCUT2D eigenvalue weighted by molar-refractivity contribution is 8.00. The molecule has 3 aromatic carbocycles. The zero-order chi connectivity index (χ0) is 22.2. The van der Waals surface area contributed by atoms with Gasteiger partial charge < -0.3 is 0 Å². The van der Waals surface area contributed by atoms with Crippen LogP contribution in [0.1, 0.15) is 51.7 Å². The lowest BCUT2D eigenvalue weighted by Crippen LogP contribution is -2.12. The van der Waals surface area contributed by atoms with E-state index in [2.05, 4.69) is 89.2 Å². The molecule has 2 aromatic heterocycles. The van der Waals surface area contributed by atoms with Crippen LogP contribution in [-0.4, -0.2) is 10.2 Å². The number of benzene rings is 3. The van der Waals surface area contributed by atoms with Gasteiger partial charge in [-0.1, -0.05) is 58.9 Å². The van der Waals surface area contributed by atoms with Gasteiger partial charge in [-0.3, -0.25) is 4.98 Å². The number of thiophene rings is 1.